The summed E-state index contributed by atoms with van der Waals surface area (Å²) in [4.78, 5) is 125. The van der Waals surface area contributed by atoms with E-state index in [2.05, 4.69) is 32.9 Å². The van der Waals surface area contributed by atoms with E-state index >= 15 is 0 Å². The van der Waals surface area contributed by atoms with Crippen LogP contribution in [0.3, 0.4) is 0 Å². The lowest BCUT2D eigenvalue weighted by atomic mass is 9.80. The highest BCUT2D eigenvalue weighted by atomic mass is 33.1. The minimum absolute atomic E-state index is 0.00697. The number of amides is 8. The zero-order valence-electron chi connectivity index (χ0n) is 42.1. The van der Waals surface area contributed by atoms with E-state index in [4.69, 9.17) is 10.5 Å². The van der Waals surface area contributed by atoms with Crippen molar-refractivity contribution in [2.75, 3.05) is 38.0 Å². The number of hydrogen-bond acceptors (Lipinski definition) is 15. The molecule has 390 valence electrons. The number of anilines is 1. The van der Waals surface area contributed by atoms with Gasteiger partial charge in [0.05, 0.1) is 11.8 Å². The minimum atomic E-state index is -1.30. The van der Waals surface area contributed by atoms with Crippen LogP contribution in [-0.2, 0) is 60.9 Å². The fourth-order valence-corrected chi connectivity index (χ4v) is 8.42. The van der Waals surface area contributed by atoms with Gasteiger partial charge in [-0.05, 0) is 67.3 Å². The van der Waals surface area contributed by atoms with Gasteiger partial charge < -0.3 is 30.7 Å². The molecule has 0 bridgehead atoms. The third-order valence-electron chi connectivity index (χ3n) is 12.6. The largest absolute Gasteiger partial charge is 0.460 e. The van der Waals surface area contributed by atoms with Gasteiger partial charge in [0.25, 0.3) is 0 Å². The summed E-state index contributed by atoms with van der Waals surface area (Å²) < 4.78 is 4.56. The van der Waals surface area contributed by atoms with Crippen LogP contribution in [0.4, 0.5) is 5.69 Å². The summed E-state index contributed by atoms with van der Waals surface area (Å²) >= 11 is 4.13. The number of carbonyl (C=O) groups excluding carboxylic acids is 9. The van der Waals surface area contributed by atoms with Crippen LogP contribution in [0.25, 0.3) is 0 Å². The van der Waals surface area contributed by atoms with Gasteiger partial charge >= 0.3 is 5.97 Å². The molecule has 2 aromatic rings. The van der Waals surface area contributed by atoms with Crippen molar-refractivity contribution in [1.29, 1.82) is 0 Å². The molecule has 3 unspecified atom stereocenters. The van der Waals surface area contributed by atoms with Crippen molar-refractivity contribution < 1.29 is 53.0 Å². The number of rotatable bonds is 25. The van der Waals surface area contributed by atoms with Crippen molar-refractivity contribution in [1.82, 2.24) is 30.7 Å². The van der Waals surface area contributed by atoms with E-state index in [1.807, 2.05) is 41.5 Å². The van der Waals surface area contributed by atoms with E-state index in [-0.39, 0.29) is 101 Å². The predicted molar refractivity (Wildman–Crippen MR) is 271 cm³/mol. The molecular weight excluding hydrogens is 953 g/mol. The normalized spacial score (nSPS) is 17.7. The number of esters is 1. The Labute approximate surface area is 425 Å². The predicted octanol–water partition coefficient (Wildman–Crippen LogP) is 3.29. The van der Waals surface area contributed by atoms with Gasteiger partial charge in [0.2, 0.25) is 47.3 Å². The number of nitrogens with one attached hydrogen (secondary N) is 4. The third kappa shape index (κ3) is 17.4. The molecular formula is C50H72N8O11S2. The molecule has 5 atom stereocenters. The Hall–Kier alpha value is -5.35. The summed E-state index contributed by atoms with van der Waals surface area (Å²) in [7, 11) is 1.06. The minimum Gasteiger partial charge on any atom is -0.460 e. The number of ether oxygens (including phenoxy) is 1. The molecule has 0 saturated carbocycles. The van der Waals surface area contributed by atoms with Crippen molar-refractivity contribution in [2.24, 2.45) is 28.4 Å². The van der Waals surface area contributed by atoms with Gasteiger partial charge in [0.15, 0.2) is 6.35 Å². The first-order chi connectivity index (χ1) is 33.2. The van der Waals surface area contributed by atoms with E-state index in [9.17, 15) is 48.3 Å². The van der Waals surface area contributed by atoms with Crippen LogP contribution >= 0.6 is 22.5 Å². The molecule has 0 aliphatic carbocycles. The van der Waals surface area contributed by atoms with E-state index in [1.54, 1.807) is 68.4 Å². The second-order valence-corrected chi connectivity index (χ2v) is 22.4. The number of carbonyl (C=O) groups is 9. The number of imide groups is 2. The lowest BCUT2D eigenvalue weighted by Crippen LogP contribution is -2.53. The highest BCUT2D eigenvalue weighted by Crippen LogP contribution is 2.36. The fourth-order valence-electron chi connectivity index (χ4n) is 8.07. The SMILES string of the molecule is CC(C)(SS)C(=O)OCc1ccc(NC(=O)[C@H](CCCNC(N)O)NC(=O)[C@@H](Cc2ccccc2)NC(=O)CCC(=O)N(CCN2C(=O)CC(C(C)(C)C)C2=O)CCN2C(=O)CC(C(C)(C)C)C2=O)cc1. The number of likely N-dealkylation sites (tertiary alicyclic amines) is 2. The molecule has 2 aliphatic heterocycles. The number of hydrogen-bond donors (Lipinski definition) is 7. The Bertz CT molecular complexity index is 2180. The van der Waals surface area contributed by atoms with Crippen LogP contribution in [0, 0.1) is 22.7 Å². The molecule has 4 rings (SSSR count). The Balaban J connectivity index is 1.48. The highest BCUT2D eigenvalue weighted by molar-refractivity contribution is 8.69. The van der Waals surface area contributed by atoms with Gasteiger partial charge in [-0.1, -0.05) is 94.8 Å². The summed E-state index contributed by atoms with van der Waals surface area (Å²) in [5, 5.41) is 20.5. The van der Waals surface area contributed by atoms with Crippen LogP contribution < -0.4 is 27.0 Å². The Kier molecular flexibility index (Phi) is 21.2. The van der Waals surface area contributed by atoms with E-state index in [0.717, 1.165) is 20.6 Å². The summed E-state index contributed by atoms with van der Waals surface area (Å²) in [6.07, 6.45) is -1.57. The van der Waals surface area contributed by atoms with E-state index in [1.165, 1.54) is 4.90 Å². The Morgan fingerprint density at radius 3 is 1.82 bits per heavy atom. The summed E-state index contributed by atoms with van der Waals surface area (Å²) in [6, 6.07) is 13.1. The molecule has 2 saturated heterocycles. The first-order valence-electron chi connectivity index (χ1n) is 23.9. The van der Waals surface area contributed by atoms with Gasteiger partial charge in [0.1, 0.15) is 23.4 Å². The zero-order valence-corrected chi connectivity index (χ0v) is 43.8. The first-order valence-corrected chi connectivity index (χ1v) is 25.7. The maximum absolute atomic E-state index is 14.2. The van der Waals surface area contributed by atoms with Crippen molar-refractivity contribution >= 4 is 81.4 Å². The average Bonchev–Trinajstić information content (AvgIpc) is 3.77. The number of thiol groups is 1. The van der Waals surface area contributed by atoms with Crippen LogP contribution in [-0.4, -0.2) is 129 Å². The molecule has 2 heterocycles. The van der Waals surface area contributed by atoms with Gasteiger partial charge in [-0.2, -0.15) is 0 Å². The van der Waals surface area contributed by atoms with Gasteiger partial charge in [-0.15, -0.1) is 11.7 Å². The number of aliphatic hydroxyl groups is 1. The van der Waals surface area contributed by atoms with Gasteiger partial charge in [-0.25, -0.2) is 0 Å². The quantitative estimate of drug-likeness (QED) is 0.0188. The maximum Gasteiger partial charge on any atom is 0.322 e. The number of benzene rings is 2. The molecule has 0 radical (unpaired) electrons. The van der Waals surface area contributed by atoms with Crippen LogP contribution in [0.2, 0.25) is 0 Å². The fraction of sp³-hybridized carbons (Fsp3) is 0.580. The number of nitrogens with two attached hydrogens (primary N) is 1. The molecule has 7 N–H and O–H groups in total. The highest BCUT2D eigenvalue weighted by Gasteiger charge is 2.46. The van der Waals surface area contributed by atoms with Crippen LogP contribution in [0.15, 0.2) is 54.6 Å². The third-order valence-corrected chi connectivity index (χ3v) is 14.6. The average molecular weight is 1030 g/mol. The lowest BCUT2D eigenvalue weighted by Gasteiger charge is -2.29. The Morgan fingerprint density at radius 1 is 0.775 bits per heavy atom. The summed E-state index contributed by atoms with van der Waals surface area (Å²) in [6.45, 7) is 14.4. The second kappa shape index (κ2) is 25.9. The van der Waals surface area contributed by atoms with Crippen molar-refractivity contribution in [3.8, 4) is 0 Å². The zero-order chi connectivity index (χ0) is 52.8. The molecule has 71 heavy (non-hydrogen) atoms. The van der Waals surface area contributed by atoms with Gasteiger partial charge in [-0.3, -0.25) is 64.0 Å². The molecule has 19 nitrogen and oxygen atoms in total. The molecule has 8 amide bonds. The molecule has 0 aromatic heterocycles. The maximum atomic E-state index is 14.2. The number of aliphatic hydroxyl groups excluding tert-OH is 1. The standard InChI is InChI=1S/C50H72N8O11S2/c1-48(2,3)34-28-40(61)57(44(34)65)25-23-56(24-26-58-41(62)29-35(45(58)66)49(4,5)6)39(60)21-20-38(59)54-37(27-31-13-10-9-11-14-31)43(64)55-36(15-12-22-52-47(51)68)42(63)53-33-18-16-32(17-19-33)30-69-46(67)50(7,8)71-70/h9-11,13-14,16-19,34-37,47,52,68,70H,12,15,20-30,51H2,1-8H3,(H,53,63)(H,54,59)(H,55,64)/t34?,35?,36-,37+,47?/m0/s1. The van der Waals surface area contributed by atoms with Crippen LogP contribution in [0.1, 0.15) is 105 Å². The molecule has 0 spiro atoms. The van der Waals surface area contributed by atoms with E-state index < -0.39 is 75.4 Å². The summed E-state index contributed by atoms with van der Waals surface area (Å²) in [5.74, 6) is -5.42. The first kappa shape index (κ1) is 58.2. The van der Waals surface area contributed by atoms with Crippen molar-refractivity contribution in [3.63, 3.8) is 0 Å². The Morgan fingerprint density at radius 2 is 1.32 bits per heavy atom. The van der Waals surface area contributed by atoms with Crippen LogP contribution in [0.5, 0.6) is 0 Å². The summed E-state index contributed by atoms with van der Waals surface area (Å²) in [5.41, 5.74) is 6.22. The lowest BCUT2D eigenvalue weighted by molar-refractivity contribution is -0.147. The molecule has 2 fully saturated rings. The molecule has 2 aromatic carbocycles. The molecule has 2 aliphatic rings. The van der Waals surface area contributed by atoms with Crippen molar-refractivity contribution in [3.05, 3.63) is 65.7 Å². The van der Waals surface area contributed by atoms with Gasteiger partial charge in [0, 0.05) is 64.0 Å². The monoisotopic (exact) mass is 1020 g/mol. The molecule has 21 heteroatoms. The smallest absolute Gasteiger partial charge is 0.322 e. The number of nitrogens with zero attached hydrogens (tertiary/aromatic N) is 3. The van der Waals surface area contributed by atoms with Crippen molar-refractivity contribution in [2.45, 2.75) is 130 Å². The van der Waals surface area contributed by atoms with E-state index in [0.29, 0.717) is 23.2 Å². The second-order valence-electron chi connectivity index (χ2n) is 20.7. The topological polar surface area (TPSA) is 267 Å².